The van der Waals surface area contributed by atoms with E-state index in [-0.39, 0.29) is 12.2 Å². The molecule has 3 N–H and O–H groups in total. The van der Waals surface area contributed by atoms with Crippen molar-refractivity contribution >= 4 is 11.7 Å². The molecule has 0 aromatic heterocycles. The molecule has 0 aliphatic heterocycles. The third-order valence-electron chi connectivity index (χ3n) is 1.57. The van der Waals surface area contributed by atoms with Crippen LogP contribution < -0.4 is 5.32 Å². The van der Waals surface area contributed by atoms with Crippen LogP contribution >= 0.6 is 0 Å². The Morgan fingerprint density at radius 1 is 1.31 bits per heavy atom. The molecule has 1 rings (SSSR count). The Kier molecular flexibility index (Phi) is 3.28. The Balaban J connectivity index is 2.64. The fourth-order valence-corrected chi connectivity index (χ4v) is 0.931. The van der Waals surface area contributed by atoms with Crippen LogP contribution in [0.4, 0.5) is 5.69 Å². The first-order valence-electron chi connectivity index (χ1n) is 3.92. The van der Waals surface area contributed by atoms with E-state index in [0.717, 1.165) is 5.69 Å². The smallest absolute Gasteiger partial charge is 0.335 e. The van der Waals surface area contributed by atoms with Gasteiger partial charge in [0.15, 0.2) is 0 Å². The van der Waals surface area contributed by atoms with E-state index in [2.05, 4.69) is 5.32 Å². The number of hydrogen-bond donors (Lipinski definition) is 3. The van der Waals surface area contributed by atoms with Crippen molar-refractivity contribution in [2.45, 2.75) is 0 Å². The summed E-state index contributed by atoms with van der Waals surface area (Å²) in [6.07, 6.45) is 0. The van der Waals surface area contributed by atoms with Gasteiger partial charge in [0.25, 0.3) is 0 Å². The predicted molar refractivity (Wildman–Crippen MR) is 49.0 cm³/mol. The zero-order valence-electron chi connectivity index (χ0n) is 7.03. The summed E-state index contributed by atoms with van der Waals surface area (Å²) in [6.45, 7) is 0.521. The number of hydrogen-bond acceptors (Lipinski definition) is 3. The summed E-state index contributed by atoms with van der Waals surface area (Å²) >= 11 is 0. The molecule has 4 nitrogen and oxygen atoms in total. The van der Waals surface area contributed by atoms with Crippen molar-refractivity contribution in [1.82, 2.24) is 0 Å². The van der Waals surface area contributed by atoms with Crippen molar-refractivity contribution in [3.63, 3.8) is 0 Å². The van der Waals surface area contributed by atoms with Crippen molar-refractivity contribution in [3.8, 4) is 0 Å². The van der Waals surface area contributed by atoms with Gasteiger partial charge in [-0.25, -0.2) is 4.79 Å². The van der Waals surface area contributed by atoms with E-state index >= 15 is 0 Å². The summed E-state index contributed by atoms with van der Waals surface area (Å²) in [7, 11) is 0. The van der Waals surface area contributed by atoms with Gasteiger partial charge < -0.3 is 15.5 Å². The fourth-order valence-electron chi connectivity index (χ4n) is 0.931. The number of carbonyl (C=O) groups is 1. The molecule has 1 aromatic carbocycles. The average molecular weight is 181 g/mol. The molecule has 0 heterocycles. The highest BCUT2D eigenvalue weighted by atomic mass is 16.4. The molecule has 0 aliphatic rings. The third-order valence-corrected chi connectivity index (χ3v) is 1.57. The van der Waals surface area contributed by atoms with Crippen LogP contribution in [0.15, 0.2) is 24.3 Å². The molecular weight excluding hydrogens is 170 g/mol. The van der Waals surface area contributed by atoms with Gasteiger partial charge >= 0.3 is 5.97 Å². The normalized spacial score (nSPS) is 9.62. The van der Waals surface area contributed by atoms with E-state index < -0.39 is 5.97 Å². The second-order valence-corrected chi connectivity index (χ2v) is 2.53. The molecule has 0 atom stereocenters. The molecule has 0 saturated heterocycles. The number of carboxylic acids is 1. The van der Waals surface area contributed by atoms with Gasteiger partial charge in [0.1, 0.15) is 0 Å². The summed E-state index contributed by atoms with van der Waals surface area (Å²) in [5.74, 6) is -0.936. The molecule has 0 unspecified atom stereocenters. The molecule has 0 amide bonds. The molecule has 4 heteroatoms. The highest BCUT2D eigenvalue weighted by Crippen LogP contribution is 2.08. The quantitative estimate of drug-likeness (QED) is 0.642. The third kappa shape index (κ3) is 2.76. The Morgan fingerprint density at radius 2 is 1.92 bits per heavy atom. The number of aromatic carboxylic acids is 1. The summed E-state index contributed by atoms with van der Waals surface area (Å²) in [4.78, 5) is 10.5. The van der Waals surface area contributed by atoms with E-state index in [4.69, 9.17) is 10.2 Å². The van der Waals surface area contributed by atoms with Crippen LogP contribution in [0.25, 0.3) is 0 Å². The van der Waals surface area contributed by atoms with E-state index in [1.807, 2.05) is 0 Å². The molecule has 1 aromatic rings. The van der Waals surface area contributed by atoms with Gasteiger partial charge in [-0.1, -0.05) is 0 Å². The van der Waals surface area contributed by atoms with E-state index in [9.17, 15) is 4.79 Å². The molecule has 0 radical (unpaired) electrons. The van der Waals surface area contributed by atoms with E-state index in [0.29, 0.717) is 6.54 Å². The molecular formula is C9H11NO3. The van der Waals surface area contributed by atoms with Crippen LogP contribution in [-0.4, -0.2) is 29.3 Å². The van der Waals surface area contributed by atoms with E-state index in [1.165, 1.54) is 12.1 Å². The van der Waals surface area contributed by atoms with Crippen LogP contribution in [-0.2, 0) is 0 Å². The standard InChI is InChI=1S/C9H11NO3/c11-6-5-10-8-3-1-7(2-4-8)9(12)13/h1-4,10-11H,5-6H2,(H,12,13). The molecule has 0 saturated carbocycles. The minimum absolute atomic E-state index is 0.0562. The summed E-state index contributed by atoms with van der Waals surface area (Å²) in [5, 5.41) is 20.0. The fraction of sp³-hybridized carbons (Fsp3) is 0.222. The molecule has 0 aliphatic carbocycles. The molecule has 70 valence electrons. The van der Waals surface area contributed by atoms with Crippen LogP contribution in [0.1, 0.15) is 10.4 Å². The van der Waals surface area contributed by atoms with Gasteiger partial charge in [-0.2, -0.15) is 0 Å². The average Bonchev–Trinajstić information content (AvgIpc) is 2.15. The van der Waals surface area contributed by atoms with Gasteiger partial charge in [-0.05, 0) is 24.3 Å². The SMILES string of the molecule is O=C(O)c1ccc(NCCO)cc1. The Bertz CT molecular complexity index is 281. The number of anilines is 1. The topological polar surface area (TPSA) is 69.6 Å². The number of aliphatic hydroxyl groups is 1. The maximum Gasteiger partial charge on any atom is 0.335 e. The molecule has 0 spiro atoms. The van der Waals surface area contributed by atoms with Gasteiger partial charge in [0, 0.05) is 12.2 Å². The summed E-state index contributed by atoms with van der Waals surface area (Å²) in [6, 6.07) is 6.36. The summed E-state index contributed by atoms with van der Waals surface area (Å²) in [5.41, 5.74) is 1.06. The monoisotopic (exact) mass is 181 g/mol. The van der Waals surface area contributed by atoms with Crippen molar-refractivity contribution in [2.75, 3.05) is 18.5 Å². The molecule has 0 fully saturated rings. The maximum absolute atomic E-state index is 10.5. The largest absolute Gasteiger partial charge is 0.478 e. The van der Waals surface area contributed by atoms with Crippen molar-refractivity contribution in [1.29, 1.82) is 0 Å². The van der Waals surface area contributed by atoms with Gasteiger partial charge in [0.05, 0.1) is 12.2 Å². The van der Waals surface area contributed by atoms with Crippen LogP contribution in [0.2, 0.25) is 0 Å². The minimum Gasteiger partial charge on any atom is -0.478 e. The maximum atomic E-state index is 10.5. The van der Waals surface area contributed by atoms with Crippen LogP contribution in [0.3, 0.4) is 0 Å². The first-order chi connectivity index (χ1) is 6.24. The number of benzene rings is 1. The first-order valence-corrected chi connectivity index (χ1v) is 3.92. The minimum atomic E-state index is -0.936. The second kappa shape index (κ2) is 4.47. The van der Waals surface area contributed by atoms with Crippen molar-refractivity contribution in [3.05, 3.63) is 29.8 Å². The van der Waals surface area contributed by atoms with Crippen LogP contribution in [0.5, 0.6) is 0 Å². The molecule has 0 bridgehead atoms. The lowest BCUT2D eigenvalue weighted by Crippen LogP contribution is -2.05. The first kappa shape index (κ1) is 9.54. The second-order valence-electron chi connectivity index (χ2n) is 2.53. The van der Waals surface area contributed by atoms with Gasteiger partial charge in [-0.3, -0.25) is 0 Å². The Labute approximate surface area is 75.8 Å². The van der Waals surface area contributed by atoms with Gasteiger partial charge in [-0.15, -0.1) is 0 Å². The zero-order chi connectivity index (χ0) is 9.68. The highest BCUT2D eigenvalue weighted by Gasteiger charge is 2.00. The molecule has 13 heavy (non-hydrogen) atoms. The van der Waals surface area contributed by atoms with Crippen LogP contribution in [0, 0.1) is 0 Å². The lowest BCUT2D eigenvalue weighted by Gasteiger charge is -2.03. The van der Waals surface area contributed by atoms with Gasteiger partial charge in [0.2, 0.25) is 0 Å². The lowest BCUT2D eigenvalue weighted by molar-refractivity contribution is 0.0697. The van der Waals surface area contributed by atoms with Crippen molar-refractivity contribution < 1.29 is 15.0 Å². The Morgan fingerprint density at radius 3 is 2.38 bits per heavy atom. The predicted octanol–water partition coefficient (Wildman–Crippen LogP) is 0.789. The number of nitrogens with one attached hydrogen (secondary N) is 1. The number of aliphatic hydroxyl groups excluding tert-OH is 1. The summed E-state index contributed by atoms with van der Waals surface area (Å²) < 4.78 is 0. The van der Waals surface area contributed by atoms with Crippen molar-refractivity contribution in [2.24, 2.45) is 0 Å². The zero-order valence-corrected chi connectivity index (χ0v) is 7.03. The van der Waals surface area contributed by atoms with E-state index in [1.54, 1.807) is 12.1 Å². The lowest BCUT2D eigenvalue weighted by atomic mass is 10.2. The number of carboxylic acid groups (broad SMARTS) is 1. The number of rotatable bonds is 4. The highest BCUT2D eigenvalue weighted by molar-refractivity contribution is 5.87. The Hall–Kier alpha value is -1.55.